The number of carbonyl (C=O) groups excluding carboxylic acids is 2. The van der Waals surface area contributed by atoms with E-state index in [9.17, 15) is 9.59 Å². The number of amides is 2. The molecule has 6 heteroatoms. The van der Waals surface area contributed by atoms with E-state index in [1.807, 2.05) is 13.8 Å². The lowest BCUT2D eigenvalue weighted by molar-refractivity contribution is -0.136. The summed E-state index contributed by atoms with van der Waals surface area (Å²) in [7, 11) is 1.59. The monoisotopic (exact) mass is 342 g/mol. The summed E-state index contributed by atoms with van der Waals surface area (Å²) < 4.78 is 0. The summed E-state index contributed by atoms with van der Waals surface area (Å²) in [6.07, 6.45) is 2.97. The maximum absolute atomic E-state index is 12.0. The normalized spacial score (nSPS) is 10.8. The van der Waals surface area contributed by atoms with Gasteiger partial charge in [0, 0.05) is 26.2 Å². The molecule has 0 spiro atoms. The predicted octanol–water partition coefficient (Wildman–Crippen LogP) is 3.33. The van der Waals surface area contributed by atoms with E-state index >= 15 is 0 Å². The number of benzene rings is 1. The van der Waals surface area contributed by atoms with Crippen LogP contribution in [-0.4, -0.2) is 48.3 Å². The molecule has 0 aliphatic carbocycles. The van der Waals surface area contributed by atoms with E-state index < -0.39 is 0 Å². The highest BCUT2D eigenvalue weighted by Gasteiger charge is 2.14. The van der Waals surface area contributed by atoms with E-state index in [1.165, 1.54) is 11.0 Å². The van der Waals surface area contributed by atoms with Crippen LogP contribution in [0, 0.1) is 0 Å². The van der Waals surface area contributed by atoms with Crippen molar-refractivity contribution < 1.29 is 9.59 Å². The molecule has 0 saturated carbocycles. The van der Waals surface area contributed by atoms with Gasteiger partial charge in [0.1, 0.15) is 0 Å². The van der Waals surface area contributed by atoms with Crippen LogP contribution in [0.5, 0.6) is 0 Å². The van der Waals surface area contributed by atoms with Crippen molar-refractivity contribution >= 4 is 41.1 Å². The van der Waals surface area contributed by atoms with Crippen LogP contribution in [0.3, 0.4) is 0 Å². The number of halogens is 2. The second-order valence-electron chi connectivity index (χ2n) is 4.74. The Bertz CT molecular complexity index is 569. The molecule has 0 aromatic heterocycles. The minimum absolute atomic E-state index is 0.0497. The summed E-state index contributed by atoms with van der Waals surface area (Å²) in [5.41, 5.74) is 0.658. The number of hydrogen-bond donors (Lipinski definition) is 0. The Morgan fingerprint density at radius 3 is 2.41 bits per heavy atom. The van der Waals surface area contributed by atoms with E-state index in [1.54, 1.807) is 36.2 Å². The second-order valence-corrected chi connectivity index (χ2v) is 5.52. The van der Waals surface area contributed by atoms with Gasteiger partial charge < -0.3 is 9.80 Å². The largest absolute Gasteiger partial charge is 0.342 e. The Morgan fingerprint density at radius 1 is 1.18 bits per heavy atom. The molecule has 2 amide bonds. The van der Waals surface area contributed by atoms with Crippen molar-refractivity contribution in [2.24, 2.45) is 0 Å². The Kier molecular flexibility index (Phi) is 7.42. The first-order chi connectivity index (χ1) is 10.4. The average Bonchev–Trinajstić information content (AvgIpc) is 2.49. The van der Waals surface area contributed by atoms with E-state index in [4.69, 9.17) is 23.2 Å². The third-order valence-corrected chi connectivity index (χ3v) is 4.09. The SMILES string of the molecule is CCN(CC)C(=O)CN(C)C(=O)/C=C/c1cccc(Cl)c1Cl. The van der Waals surface area contributed by atoms with Gasteiger partial charge in [-0.25, -0.2) is 0 Å². The van der Waals surface area contributed by atoms with Crippen molar-refractivity contribution in [2.75, 3.05) is 26.7 Å². The van der Waals surface area contributed by atoms with Gasteiger partial charge in [-0.3, -0.25) is 9.59 Å². The summed E-state index contributed by atoms with van der Waals surface area (Å²) >= 11 is 12.0. The molecule has 4 nitrogen and oxygen atoms in total. The molecule has 0 fully saturated rings. The fourth-order valence-corrected chi connectivity index (χ4v) is 2.27. The molecular formula is C16H20Cl2N2O2. The molecule has 0 atom stereocenters. The minimum Gasteiger partial charge on any atom is -0.342 e. The number of rotatable bonds is 6. The summed E-state index contributed by atoms with van der Waals surface area (Å²) in [4.78, 5) is 27.1. The topological polar surface area (TPSA) is 40.6 Å². The van der Waals surface area contributed by atoms with Crippen LogP contribution in [0.4, 0.5) is 0 Å². The molecule has 0 bridgehead atoms. The Labute approximate surface area is 141 Å². The first-order valence-electron chi connectivity index (χ1n) is 7.05. The standard InChI is InChI=1S/C16H20Cl2N2O2/c1-4-20(5-2)15(22)11-19(3)14(21)10-9-12-7-6-8-13(17)16(12)18/h6-10H,4-5,11H2,1-3H3/b10-9+. The number of carbonyl (C=O) groups is 2. The van der Waals surface area contributed by atoms with Crippen LogP contribution in [0.15, 0.2) is 24.3 Å². The third-order valence-electron chi connectivity index (χ3n) is 3.25. The molecule has 0 aliphatic rings. The molecule has 0 radical (unpaired) electrons. The molecule has 0 saturated heterocycles. The summed E-state index contributed by atoms with van der Waals surface area (Å²) in [5.74, 6) is -0.341. The molecule has 0 unspecified atom stereocenters. The van der Waals surface area contributed by atoms with Crippen LogP contribution in [-0.2, 0) is 9.59 Å². The highest BCUT2D eigenvalue weighted by Crippen LogP contribution is 2.26. The zero-order valence-electron chi connectivity index (χ0n) is 13.0. The maximum Gasteiger partial charge on any atom is 0.246 e. The third kappa shape index (κ3) is 5.04. The van der Waals surface area contributed by atoms with Gasteiger partial charge in [-0.15, -0.1) is 0 Å². The fraction of sp³-hybridized carbons (Fsp3) is 0.375. The van der Waals surface area contributed by atoms with E-state index in [0.717, 1.165) is 0 Å². The van der Waals surface area contributed by atoms with E-state index in [-0.39, 0.29) is 18.4 Å². The highest BCUT2D eigenvalue weighted by molar-refractivity contribution is 6.42. The zero-order chi connectivity index (χ0) is 16.7. The second kappa shape index (κ2) is 8.81. The van der Waals surface area contributed by atoms with Crippen LogP contribution in [0.2, 0.25) is 10.0 Å². The quantitative estimate of drug-likeness (QED) is 0.744. The van der Waals surface area contributed by atoms with Crippen molar-refractivity contribution in [3.05, 3.63) is 39.9 Å². The molecule has 1 rings (SSSR count). The smallest absolute Gasteiger partial charge is 0.246 e. The molecule has 22 heavy (non-hydrogen) atoms. The molecule has 1 aromatic rings. The van der Waals surface area contributed by atoms with Crippen LogP contribution < -0.4 is 0 Å². The van der Waals surface area contributed by atoms with E-state index in [2.05, 4.69) is 0 Å². The van der Waals surface area contributed by atoms with Crippen molar-refractivity contribution in [3.8, 4) is 0 Å². The van der Waals surface area contributed by atoms with Gasteiger partial charge >= 0.3 is 0 Å². The first-order valence-corrected chi connectivity index (χ1v) is 7.81. The van der Waals surface area contributed by atoms with Gasteiger partial charge in [0.15, 0.2) is 0 Å². The van der Waals surface area contributed by atoms with Crippen LogP contribution in [0.1, 0.15) is 19.4 Å². The number of hydrogen-bond acceptors (Lipinski definition) is 2. The Hall–Kier alpha value is -1.52. The lowest BCUT2D eigenvalue weighted by Gasteiger charge is -2.22. The minimum atomic E-state index is -0.267. The summed E-state index contributed by atoms with van der Waals surface area (Å²) in [6.45, 7) is 5.12. The molecule has 0 heterocycles. The van der Waals surface area contributed by atoms with Crippen LogP contribution >= 0.6 is 23.2 Å². The lowest BCUT2D eigenvalue weighted by Crippen LogP contribution is -2.40. The molecule has 0 aliphatic heterocycles. The summed E-state index contributed by atoms with van der Waals surface area (Å²) in [6, 6.07) is 5.20. The van der Waals surface area contributed by atoms with Gasteiger partial charge in [0.2, 0.25) is 11.8 Å². The lowest BCUT2D eigenvalue weighted by atomic mass is 10.2. The predicted molar refractivity (Wildman–Crippen MR) is 91.1 cm³/mol. The fourth-order valence-electron chi connectivity index (χ4n) is 1.89. The Balaban J connectivity index is 2.70. The van der Waals surface area contributed by atoms with Crippen LogP contribution in [0.25, 0.3) is 6.08 Å². The van der Waals surface area contributed by atoms with Crippen molar-refractivity contribution in [1.29, 1.82) is 0 Å². The average molecular weight is 343 g/mol. The van der Waals surface area contributed by atoms with Gasteiger partial charge in [0.05, 0.1) is 16.6 Å². The van der Waals surface area contributed by atoms with Gasteiger partial charge in [-0.05, 0) is 31.6 Å². The molecule has 1 aromatic carbocycles. The van der Waals surface area contributed by atoms with Gasteiger partial charge in [-0.2, -0.15) is 0 Å². The van der Waals surface area contributed by atoms with E-state index in [0.29, 0.717) is 28.7 Å². The molecule has 120 valence electrons. The zero-order valence-corrected chi connectivity index (χ0v) is 14.5. The van der Waals surface area contributed by atoms with Crippen molar-refractivity contribution in [1.82, 2.24) is 9.80 Å². The molecular weight excluding hydrogens is 323 g/mol. The summed E-state index contributed by atoms with van der Waals surface area (Å²) in [5, 5.41) is 0.830. The number of nitrogens with zero attached hydrogens (tertiary/aromatic N) is 2. The molecule has 0 N–H and O–H groups in total. The van der Waals surface area contributed by atoms with Crippen molar-refractivity contribution in [2.45, 2.75) is 13.8 Å². The van der Waals surface area contributed by atoms with Crippen molar-refractivity contribution in [3.63, 3.8) is 0 Å². The van der Waals surface area contributed by atoms with Gasteiger partial charge in [0.25, 0.3) is 0 Å². The number of likely N-dealkylation sites (N-methyl/N-ethyl adjacent to an activating group) is 2. The van der Waals surface area contributed by atoms with Gasteiger partial charge in [-0.1, -0.05) is 35.3 Å². The highest BCUT2D eigenvalue weighted by atomic mass is 35.5. The first kappa shape index (κ1) is 18.5. The Morgan fingerprint density at radius 2 is 1.82 bits per heavy atom. The maximum atomic E-state index is 12.0.